The first-order chi connectivity index (χ1) is 10.0. The Morgan fingerprint density at radius 2 is 2.05 bits per heavy atom. The van der Waals surface area contributed by atoms with Gasteiger partial charge in [0.1, 0.15) is 17.3 Å². The smallest absolute Gasteiger partial charge is 0.323 e. The van der Waals surface area contributed by atoms with Gasteiger partial charge in [-0.2, -0.15) is 0 Å². The molecule has 6 nitrogen and oxygen atoms in total. The monoisotopic (exact) mass is 351 g/mol. The van der Waals surface area contributed by atoms with E-state index < -0.39 is 12.3 Å². The van der Waals surface area contributed by atoms with Gasteiger partial charge < -0.3 is 15.2 Å². The van der Waals surface area contributed by atoms with Gasteiger partial charge in [0.05, 0.1) is 0 Å². The molecule has 1 heterocycles. The Morgan fingerprint density at radius 3 is 2.71 bits per heavy atom. The lowest BCUT2D eigenvalue weighted by Crippen LogP contribution is -2.39. The molecular weight excluding hydrogens is 338 g/mol. The summed E-state index contributed by atoms with van der Waals surface area (Å²) in [5, 5.41) is 14.4. The number of hydrogen-bond acceptors (Lipinski definition) is 4. The Kier molecular flexibility index (Phi) is 4.99. The zero-order chi connectivity index (χ0) is 15.2. The summed E-state index contributed by atoms with van der Waals surface area (Å²) in [6, 6.07) is 9.26. The van der Waals surface area contributed by atoms with E-state index in [9.17, 15) is 9.90 Å². The summed E-state index contributed by atoms with van der Waals surface area (Å²) in [5.74, 6) is 1.13. The molecule has 0 aliphatic rings. The Labute approximate surface area is 130 Å². The van der Waals surface area contributed by atoms with Gasteiger partial charge in [-0.3, -0.25) is 5.32 Å². The largest absolute Gasteiger partial charge is 0.508 e. The van der Waals surface area contributed by atoms with Gasteiger partial charge in [0, 0.05) is 10.7 Å². The van der Waals surface area contributed by atoms with Gasteiger partial charge in [0.2, 0.25) is 0 Å². The number of halogens is 1. The van der Waals surface area contributed by atoms with Gasteiger partial charge in [-0.1, -0.05) is 15.9 Å². The molecule has 0 bridgehead atoms. The number of hydrogen-bond donors (Lipinski definition) is 3. The van der Waals surface area contributed by atoms with Gasteiger partial charge in [0.25, 0.3) is 0 Å². The predicted octanol–water partition coefficient (Wildman–Crippen LogP) is 3.10. The third kappa shape index (κ3) is 4.96. The number of nitrogens with zero attached hydrogens (tertiary/aromatic N) is 1. The van der Waals surface area contributed by atoms with E-state index in [-0.39, 0.29) is 5.75 Å². The third-order valence-corrected chi connectivity index (χ3v) is 2.94. The second-order valence-electron chi connectivity index (χ2n) is 4.21. The second-order valence-corrected chi connectivity index (χ2v) is 5.13. The topological polar surface area (TPSA) is 83.5 Å². The van der Waals surface area contributed by atoms with E-state index in [1.54, 1.807) is 37.4 Å². The van der Waals surface area contributed by atoms with Crippen molar-refractivity contribution >= 4 is 27.8 Å². The summed E-state index contributed by atoms with van der Waals surface area (Å²) in [5.41, 5.74) is 0. The maximum Gasteiger partial charge on any atom is 0.323 e. The summed E-state index contributed by atoms with van der Waals surface area (Å²) in [6.45, 7) is 1.70. The summed E-state index contributed by atoms with van der Waals surface area (Å²) in [6.07, 6.45) is 1.04. The molecule has 3 N–H and O–H groups in total. The number of phenols is 1. The van der Waals surface area contributed by atoms with E-state index in [1.165, 1.54) is 12.1 Å². The van der Waals surface area contributed by atoms with E-state index in [2.05, 4.69) is 31.5 Å². The Balaban J connectivity index is 1.86. The highest BCUT2D eigenvalue weighted by molar-refractivity contribution is 9.10. The Morgan fingerprint density at radius 1 is 1.33 bits per heavy atom. The van der Waals surface area contributed by atoms with Crippen molar-refractivity contribution in [3.63, 3.8) is 0 Å². The number of rotatable bonds is 4. The number of aromatic hydroxyl groups is 1. The molecule has 0 saturated carbocycles. The number of pyridine rings is 1. The van der Waals surface area contributed by atoms with E-state index in [1.807, 2.05) is 0 Å². The average molecular weight is 352 g/mol. The molecule has 2 aromatic rings. The van der Waals surface area contributed by atoms with Gasteiger partial charge in [-0.15, -0.1) is 0 Å². The number of benzene rings is 1. The molecule has 7 heteroatoms. The van der Waals surface area contributed by atoms with Crippen LogP contribution >= 0.6 is 15.9 Å². The van der Waals surface area contributed by atoms with Crippen molar-refractivity contribution in [2.75, 3.05) is 5.32 Å². The number of phenolic OH excluding ortho intramolecular Hbond substituents is 1. The van der Waals surface area contributed by atoms with Gasteiger partial charge in [0.15, 0.2) is 6.23 Å². The van der Waals surface area contributed by atoms with Gasteiger partial charge in [-0.05, 0) is 43.3 Å². The van der Waals surface area contributed by atoms with Crippen molar-refractivity contribution in [1.82, 2.24) is 10.3 Å². The van der Waals surface area contributed by atoms with Crippen LogP contribution in [0.4, 0.5) is 10.6 Å². The molecule has 21 heavy (non-hydrogen) atoms. The van der Waals surface area contributed by atoms with E-state index in [0.29, 0.717) is 11.6 Å². The lowest BCUT2D eigenvalue weighted by atomic mass is 10.3. The first kappa shape index (κ1) is 15.1. The molecule has 1 aromatic heterocycles. The predicted molar refractivity (Wildman–Crippen MR) is 82.3 cm³/mol. The molecule has 1 atom stereocenters. The normalized spacial score (nSPS) is 11.5. The van der Waals surface area contributed by atoms with E-state index in [4.69, 9.17) is 4.74 Å². The number of nitrogens with one attached hydrogen (secondary N) is 2. The number of aromatic nitrogens is 1. The maximum atomic E-state index is 11.8. The van der Waals surface area contributed by atoms with Crippen molar-refractivity contribution in [3.8, 4) is 11.5 Å². The molecule has 0 aliphatic carbocycles. The summed E-state index contributed by atoms with van der Waals surface area (Å²) < 4.78 is 6.31. The minimum atomic E-state index is -0.540. The summed E-state index contributed by atoms with van der Waals surface area (Å²) in [4.78, 5) is 15.8. The second kappa shape index (κ2) is 6.94. The van der Waals surface area contributed by atoms with Crippen LogP contribution < -0.4 is 15.4 Å². The fourth-order valence-electron chi connectivity index (χ4n) is 1.57. The number of carbonyl (C=O) groups is 1. The van der Waals surface area contributed by atoms with Crippen LogP contribution in [0.2, 0.25) is 0 Å². The van der Waals surface area contributed by atoms with Crippen LogP contribution in [0.5, 0.6) is 11.5 Å². The lowest BCUT2D eigenvalue weighted by molar-refractivity contribution is 0.183. The molecule has 0 radical (unpaired) electrons. The molecule has 1 aromatic carbocycles. The zero-order valence-corrected chi connectivity index (χ0v) is 12.8. The van der Waals surface area contributed by atoms with Crippen LogP contribution in [0.15, 0.2) is 47.1 Å². The van der Waals surface area contributed by atoms with Crippen molar-refractivity contribution in [3.05, 3.63) is 47.1 Å². The molecule has 0 saturated heterocycles. The number of ether oxygens (including phenoxy) is 1. The number of urea groups is 1. The number of amides is 2. The standard InChI is InChI=1S/C14H14BrN3O3/c1-9(21-12-4-2-11(19)3-5-12)17-14(20)18-13-8-10(15)6-7-16-13/h2-9,19H,1H3,(H2,16,17,18,20). The Bertz CT molecular complexity index is 619. The molecule has 0 spiro atoms. The first-order valence-electron chi connectivity index (χ1n) is 6.18. The van der Waals surface area contributed by atoms with Crippen molar-refractivity contribution in [2.24, 2.45) is 0 Å². The first-order valence-corrected chi connectivity index (χ1v) is 6.97. The minimum Gasteiger partial charge on any atom is -0.508 e. The summed E-state index contributed by atoms with van der Waals surface area (Å²) >= 11 is 3.30. The highest BCUT2D eigenvalue weighted by atomic mass is 79.9. The van der Waals surface area contributed by atoms with Crippen LogP contribution in [0, 0.1) is 0 Å². The lowest BCUT2D eigenvalue weighted by Gasteiger charge is -2.16. The summed E-state index contributed by atoms with van der Waals surface area (Å²) in [7, 11) is 0. The molecule has 110 valence electrons. The average Bonchev–Trinajstić information content (AvgIpc) is 2.41. The molecule has 2 amide bonds. The van der Waals surface area contributed by atoms with Crippen LogP contribution in [-0.4, -0.2) is 22.3 Å². The zero-order valence-electron chi connectivity index (χ0n) is 11.2. The fourth-order valence-corrected chi connectivity index (χ4v) is 1.90. The maximum absolute atomic E-state index is 11.8. The van der Waals surface area contributed by atoms with Gasteiger partial charge >= 0.3 is 6.03 Å². The van der Waals surface area contributed by atoms with Crippen molar-refractivity contribution < 1.29 is 14.6 Å². The van der Waals surface area contributed by atoms with Crippen molar-refractivity contribution in [2.45, 2.75) is 13.2 Å². The van der Waals surface area contributed by atoms with Crippen LogP contribution in [-0.2, 0) is 0 Å². The SMILES string of the molecule is CC(NC(=O)Nc1cc(Br)ccn1)Oc1ccc(O)cc1. The highest BCUT2D eigenvalue weighted by Gasteiger charge is 2.09. The van der Waals surface area contributed by atoms with E-state index >= 15 is 0 Å². The molecule has 2 rings (SSSR count). The fraction of sp³-hybridized carbons (Fsp3) is 0.143. The van der Waals surface area contributed by atoms with Gasteiger partial charge in [-0.25, -0.2) is 9.78 Å². The van der Waals surface area contributed by atoms with E-state index in [0.717, 1.165) is 4.47 Å². The minimum absolute atomic E-state index is 0.154. The molecule has 1 unspecified atom stereocenters. The highest BCUT2D eigenvalue weighted by Crippen LogP contribution is 2.17. The number of carbonyl (C=O) groups excluding carboxylic acids is 1. The van der Waals surface area contributed by atoms with Crippen LogP contribution in [0.1, 0.15) is 6.92 Å². The number of anilines is 1. The van der Waals surface area contributed by atoms with Crippen LogP contribution in [0.25, 0.3) is 0 Å². The van der Waals surface area contributed by atoms with Crippen LogP contribution in [0.3, 0.4) is 0 Å². The molecular formula is C14H14BrN3O3. The quantitative estimate of drug-likeness (QED) is 0.739. The third-order valence-electron chi connectivity index (χ3n) is 2.45. The Hall–Kier alpha value is -2.28. The molecule has 0 fully saturated rings. The molecule has 0 aliphatic heterocycles. The van der Waals surface area contributed by atoms with Crippen molar-refractivity contribution in [1.29, 1.82) is 0 Å².